The number of amides is 3. The zero-order chi connectivity index (χ0) is 24.6. The van der Waals surface area contributed by atoms with Crippen molar-refractivity contribution >= 4 is 29.7 Å². The van der Waals surface area contributed by atoms with Crippen LogP contribution in [0.1, 0.15) is 59.8 Å². The van der Waals surface area contributed by atoms with Gasteiger partial charge < -0.3 is 31.5 Å². The molecule has 0 saturated carbocycles. The second-order valence-corrected chi connectivity index (χ2v) is 8.67. The summed E-state index contributed by atoms with van der Waals surface area (Å²) in [4.78, 5) is 62.0. The fraction of sp³-hybridized carbons (Fsp3) is 0.762. The summed E-state index contributed by atoms with van der Waals surface area (Å²) in [6.07, 6.45) is 1.15. The zero-order valence-electron chi connectivity index (χ0n) is 19.2. The van der Waals surface area contributed by atoms with Crippen LogP contribution in [-0.4, -0.2) is 75.5 Å². The van der Waals surface area contributed by atoms with Crippen LogP contribution in [0.15, 0.2) is 0 Å². The number of hydrogen-bond acceptors (Lipinski definition) is 6. The molecule has 32 heavy (non-hydrogen) atoms. The van der Waals surface area contributed by atoms with E-state index in [4.69, 9.17) is 10.8 Å². The first-order valence-corrected chi connectivity index (χ1v) is 11.0. The number of carboxylic acid groups (broad SMARTS) is 2. The maximum atomic E-state index is 13.2. The molecule has 0 aliphatic carbocycles. The lowest BCUT2D eigenvalue weighted by Crippen LogP contribution is -2.59. The van der Waals surface area contributed by atoms with E-state index in [9.17, 15) is 29.1 Å². The van der Waals surface area contributed by atoms with E-state index in [0.29, 0.717) is 25.8 Å². The number of hydrogen-bond donors (Lipinski definition) is 5. The smallest absolute Gasteiger partial charge is 0.326 e. The summed E-state index contributed by atoms with van der Waals surface area (Å²) in [5.41, 5.74) is 5.74. The van der Waals surface area contributed by atoms with E-state index < -0.39 is 53.8 Å². The highest BCUT2D eigenvalue weighted by Crippen LogP contribution is 2.21. The Kier molecular flexibility index (Phi) is 10.6. The quantitative estimate of drug-likeness (QED) is 0.270. The third-order valence-electron chi connectivity index (χ3n) is 5.85. The number of rotatable bonds is 12. The van der Waals surface area contributed by atoms with Crippen molar-refractivity contribution in [3.63, 3.8) is 0 Å². The van der Waals surface area contributed by atoms with Crippen LogP contribution in [0.25, 0.3) is 0 Å². The van der Waals surface area contributed by atoms with Crippen LogP contribution >= 0.6 is 0 Å². The molecule has 0 aromatic heterocycles. The van der Waals surface area contributed by atoms with Crippen molar-refractivity contribution in [2.45, 2.75) is 84.0 Å². The fourth-order valence-corrected chi connectivity index (χ4v) is 3.60. The van der Waals surface area contributed by atoms with E-state index in [0.717, 1.165) is 0 Å². The lowest BCUT2D eigenvalue weighted by atomic mass is 9.95. The first kappa shape index (κ1) is 27.3. The fourth-order valence-electron chi connectivity index (χ4n) is 3.60. The van der Waals surface area contributed by atoms with Crippen molar-refractivity contribution in [1.82, 2.24) is 15.5 Å². The summed E-state index contributed by atoms with van der Waals surface area (Å²) >= 11 is 0. The first-order chi connectivity index (χ1) is 14.9. The first-order valence-electron chi connectivity index (χ1n) is 11.0. The average Bonchev–Trinajstić information content (AvgIpc) is 3.22. The molecule has 11 heteroatoms. The second kappa shape index (κ2) is 12.4. The molecule has 1 aliphatic rings. The minimum Gasteiger partial charge on any atom is -0.481 e. The summed E-state index contributed by atoms with van der Waals surface area (Å²) in [5.74, 6) is -4.44. The van der Waals surface area contributed by atoms with Gasteiger partial charge in [0.25, 0.3) is 0 Å². The van der Waals surface area contributed by atoms with Gasteiger partial charge in [-0.15, -0.1) is 0 Å². The molecule has 1 aliphatic heterocycles. The van der Waals surface area contributed by atoms with Gasteiger partial charge in [-0.25, -0.2) is 4.79 Å². The SMILES string of the molecule is CCC(C)C(NC(=O)C(NC(=O)C(N)CCC(=O)O)C(C)C)C(=O)N1CCCC1C(=O)O. The summed E-state index contributed by atoms with van der Waals surface area (Å²) < 4.78 is 0. The van der Waals surface area contributed by atoms with Gasteiger partial charge in [-0.2, -0.15) is 0 Å². The third kappa shape index (κ3) is 7.47. The number of likely N-dealkylation sites (tertiary alicyclic amines) is 1. The van der Waals surface area contributed by atoms with Gasteiger partial charge >= 0.3 is 11.9 Å². The van der Waals surface area contributed by atoms with Gasteiger partial charge in [-0.05, 0) is 31.1 Å². The van der Waals surface area contributed by atoms with E-state index in [2.05, 4.69) is 10.6 Å². The van der Waals surface area contributed by atoms with E-state index in [1.54, 1.807) is 20.8 Å². The predicted molar refractivity (Wildman–Crippen MR) is 115 cm³/mol. The molecule has 0 spiro atoms. The maximum absolute atomic E-state index is 13.2. The maximum Gasteiger partial charge on any atom is 0.326 e. The van der Waals surface area contributed by atoms with E-state index in [1.165, 1.54) is 4.90 Å². The van der Waals surface area contributed by atoms with Crippen molar-refractivity contribution in [3.8, 4) is 0 Å². The molecular weight excluding hydrogens is 420 g/mol. The Bertz CT molecular complexity index is 712. The molecule has 0 aromatic rings. The molecule has 11 nitrogen and oxygen atoms in total. The number of aliphatic carboxylic acids is 2. The molecule has 1 fully saturated rings. The molecule has 5 unspecified atom stereocenters. The monoisotopic (exact) mass is 456 g/mol. The molecule has 1 saturated heterocycles. The number of carbonyl (C=O) groups is 5. The molecule has 182 valence electrons. The Balaban J connectivity index is 2.96. The van der Waals surface area contributed by atoms with E-state index in [-0.39, 0.29) is 24.7 Å². The molecule has 0 radical (unpaired) electrons. The van der Waals surface area contributed by atoms with Crippen LogP contribution in [0, 0.1) is 11.8 Å². The molecule has 5 atom stereocenters. The van der Waals surface area contributed by atoms with Gasteiger partial charge in [-0.3, -0.25) is 19.2 Å². The minimum atomic E-state index is -1.09. The Hall–Kier alpha value is -2.69. The van der Waals surface area contributed by atoms with Gasteiger partial charge in [0.15, 0.2) is 0 Å². The van der Waals surface area contributed by atoms with Crippen LogP contribution < -0.4 is 16.4 Å². The van der Waals surface area contributed by atoms with E-state index in [1.807, 2.05) is 6.92 Å². The van der Waals surface area contributed by atoms with Crippen molar-refractivity contribution in [2.75, 3.05) is 6.54 Å². The van der Waals surface area contributed by atoms with Crippen LogP contribution in [0.3, 0.4) is 0 Å². The van der Waals surface area contributed by atoms with Gasteiger partial charge in [0.1, 0.15) is 18.1 Å². The zero-order valence-corrected chi connectivity index (χ0v) is 19.2. The molecule has 0 aromatic carbocycles. The molecular formula is C21H36N4O7. The van der Waals surface area contributed by atoms with Crippen molar-refractivity contribution in [3.05, 3.63) is 0 Å². The van der Waals surface area contributed by atoms with Gasteiger partial charge in [0.05, 0.1) is 6.04 Å². The Morgan fingerprint density at radius 3 is 2.12 bits per heavy atom. The van der Waals surface area contributed by atoms with Crippen molar-refractivity contribution < 1.29 is 34.2 Å². The standard InChI is InChI=1S/C21H36N4O7/c1-5-12(4)17(20(30)25-10-6-7-14(25)21(31)32)24-19(29)16(11(2)3)23-18(28)13(22)8-9-15(26)27/h11-14,16-17H,5-10,22H2,1-4H3,(H,23,28)(H,24,29)(H,26,27)(H,31,32). The highest BCUT2D eigenvalue weighted by atomic mass is 16.4. The number of nitrogens with two attached hydrogens (primary N) is 1. The largest absolute Gasteiger partial charge is 0.481 e. The highest BCUT2D eigenvalue weighted by Gasteiger charge is 2.40. The van der Waals surface area contributed by atoms with E-state index >= 15 is 0 Å². The van der Waals surface area contributed by atoms with Crippen molar-refractivity contribution in [1.29, 1.82) is 0 Å². The summed E-state index contributed by atoms with van der Waals surface area (Å²) in [7, 11) is 0. The Morgan fingerprint density at radius 2 is 1.62 bits per heavy atom. The molecule has 1 rings (SSSR count). The topological polar surface area (TPSA) is 179 Å². The summed E-state index contributed by atoms with van der Waals surface area (Å²) in [6.45, 7) is 7.39. The Morgan fingerprint density at radius 1 is 1.03 bits per heavy atom. The third-order valence-corrected chi connectivity index (χ3v) is 5.85. The minimum absolute atomic E-state index is 0.0763. The second-order valence-electron chi connectivity index (χ2n) is 8.67. The summed E-state index contributed by atoms with van der Waals surface area (Å²) in [5, 5.41) is 23.4. The van der Waals surface area contributed by atoms with Crippen LogP contribution in [-0.2, 0) is 24.0 Å². The lowest BCUT2D eigenvalue weighted by Gasteiger charge is -2.32. The summed E-state index contributed by atoms with van der Waals surface area (Å²) in [6, 6.07) is -3.94. The Labute approximate surface area is 188 Å². The van der Waals surface area contributed by atoms with Crippen LogP contribution in [0.2, 0.25) is 0 Å². The molecule has 6 N–H and O–H groups in total. The number of carbonyl (C=O) groups excluding carboxylic acids is 3. The normalized spacial score (nSPS) is 19.7. The van der Waals surface area contributed by atoms with Crippen molar-refractivity contribution in [2.24, 2.45) is 17.6 Å². The van der Waals surface area contributed by atoms with Gasteiger partial charge in [0, 0.05) is 13.0 Å². The highest BCUT2D eigenvalue weighted by molar-refractivity contribution is 5.94. The van der Waals surface area contributed by atoms with Gasteiger partial charge in [-0.1, -0.05) is 34.1 Å². The molecule has 0 bridgehead atoms. The number of nitrogens with one attached hydrogen (secondary N) is 2. The number of nitrogens with zero attached hydrogens (tertiary/aromatic N) is 1. The van der Waals surface area contributed by atoms with Crippen LogP contribution in [0.4, 0.5) is 0 Å². The average molecular weight is 457 g/mol. The van der Waals surface area contributed by atoms with Crippen LogP contribution in [0.5, 0.6) is 0 Å². The predicted octanol–water partition coefficient (Wildman–Crippen LogP) is -0.0742. The lowest BCUT2D eigenvalue weighted by molar-refractivity contribution is -0.150. The van der Waals surface area contributed by atoms with Gasteiger partial charge in [0.2, 0.25) is 17.7 Å². The molecule has 3 amide bonds. The molecule has 1 heterocycles. The number of carboxylic acids is 2.